The molecule has 1 amide bonds. The summed E-state index contributed by atoms with van der Waals surface area (Å²) in [5.41, 5.74) is -2.39. The first-order valence-electron chi connectivity index (χ1n) is 15.1. The van der Waals surface area contributed by atoms with Crippen LogP contribution >= 0.6 is 11.6 Å². The third-order valence-electron chi connectivity index (χ3n) is 8.09. The van der Waals surface area contributed by atoms with Gasteiger partial charge in [0.05, 0.1) is 44.6 Å². The van der Waals surface area contributed by atoms with Crippen LogP contribution in [0, 0.1) is 12.8 Å². The molecule has 0 radical (unpaired) electrons. The van der Waals surface area contributed by atoms with Crippen molar-refractivity contribution in [3.05, 3.63) is 67.4 Å². The molecule has 3 saturated heterocycles. The number of aryl methyl sites for hydroxylation is 1. The third-order valence-corrected chi connectivity index (χ3v) is 8.89. The van der Waals surface area contributed by atoms with E-state index in [0.717, 1.165) is 11.8 Å². The normalized spacial score (nSPS) is 29.3. The number of amides is 1. The second-order valence-corrected chi connectivity index (χ2v) is 15.2. The van der Waals surface area contributed by atoms with Crippen molar-refractivity contribution in [2.45, 2.75) is 82.8 Å². The van der Waals surface area contributed by atoms with Crippen LogP contribution in [0.3, 0.4) is 0 Å². The molecule has 0 spiro atoms. The monoisotopic (exact) mass is 701 g/mol. The fraction of sp³-hybridized carbons (Fsp3) is 0.633. The number of aromatic amines is 1. The molecule has 3 aliphatic rings. The van der Waals surface area contributed by atoms with Crippen LogP contribution in [0.15, 0.2) is 40.1 Å². The molecule has 1 aromatic heterocycles. The summed E-state index contributed by atoms with van der Waals surface area (Å²) in [7, 11) is -3.94. The predicted molar refractivity (Wildman–Crippen MR) is 166 cm³/mol. The number of carbonyl (C=O) groups is 1. The Morgan fingerprint density at radius 2 is 1.89 bits per heavy atom. The van der Waals surface area contributed by atoms with Crippen LogP contribution in [0.2, 0.25) is 5.02 Å². The lowest BCUT2D eigenvalue weighted by atomic mass is 9.85. The Morgan fingerprint density at radius 3 is 2.55 bits per heavy atom. The number of nitrogens with zero attached hydrogens (tertiary/aromatic N) is 2. The predicted octanol–water partition coefficient (Wildman–Crippen LogP) is 1.69. The molecular formula is C30H40ClN3O12S. The lowest BCUT2D eigenvalue weighted by Gasteiger charge is -2.43. The number of likely N-dealkylation sites (tertiary alicyclic amines) is 1. The molecule has 1 aromatic carbocycles. The average Bonchev–Trinajstić information content (AvgIpc) is 3.41. The van der Waals surface area contributed by atoms with Crippen LogP contribution < -0.4 is 11.2 Å². The number of hydrogen-bond acceptors (Lipinski definition) is 12. The fourth-order valence-corrected chi connectivity index (χ4v) is 6.47. The van der Waals surface area contributed by atoms with Gasteiger partial charge in [0, 0.05) is 29.7 Å². The first-order chi connectivity index (χ1) is 21.9. The number of piperidine rings is 1. The molecule has 4 heterocycles. The summed E-state index contributed by atoms with van der Waals surface area (Å²) >= 11 is 6.04. The second-order valence-electron chi connectivity index (χ2n) is 13.1. The number of aromatic nitrogens is 2. The van der Waals surface area contributed by atoms with Crippen LogP contribution in [0.5, 0.6) is 0 Å². The van der Waals surface area contributed by atoms with Crippen LogP contribution in [0.1, 0.15) is 44.5 Å². The zero-order valence-electron chi connectivity index (χ0n) is 26.7. The zero-order chi connectivity index (χ0) is 34.3. The second kappa shape index (κ2) is 13.6. The SMILES string of the molecule is Cc1cn([C@H]2C[C@H](O)[C@@H](CO[C@@H]3O[C@@]4(COS(C)(=O)=O)CN(C(=O)OC(C)(C)C)C[C@@H]3[C@@H]4OCc3ccc(Cl)cc3)O2)c(=O)[nH]c1=O. The number of ether oxygens (including phenoxy) is 5. The van der Waals surface area contributed by atoms with Gasteiger partial charge in [-0.3, -0.25) is 18.5 Å². The van der Waals surface area contributed by atoms with Crippen molar-refractivity contribution in [1.82, 2.24) is 14.5 Å². The number of rotatable bonds is 10. The highest BCUT2D eigenvalue weighted by molar-refractivity contribution is 7.85. The standard InChI is InChI=1S/C30H40ClN3O12S/c1-17-11-34(27(37)32-25(17)36)23-10-21(35)22(44-23)14-42-26-20-12-33(28(38)46-29(2,3)4)15-30(45-26,16-43-47(5,39)40)24(20)41-13-18-6-8-19(31)9-7-18/h6-9,11,20-24,26,35H,10,12-16H2,1-5H3,(H,32,36,37)/t20-,21+,22-,23-,24+,26-,30-/m1/s1. The highest BCUT2D eigenvalue weighted by Crippen LogP contribution is 2.45. The summed E-state index contributed by atoms with van der Waals surface area (Å²) in [5, 5.41) is 11.4. The lowest BCUT2D eigenvalue weighted by molar-refractivity contribution is -0.204. The van der Waals surface area contributed by atoms with Gasteiger partial charge in [-0.05, 0) is 45.4 Å². The molecule has 5 rings (SSSR count). The van der Waals surface area contributed by atoms with Crippen molar-refractivity contribution in [2.75, 3.05) is 32.6 Å². The van der Waals surface area contributed by atoms with Crippen LogP contribution in [-0.4, -0.2) is 102 Å². The summed E-state index contributed by atoms with van der Waals surface area (Å²) in [6, 6.07) is 7.01. The van der Waals surface area contributed by atoms with Gasteiger partial charge in [0.1, 0.15) is 29.6 Å². The maximum absolute atomic E-state index is 13.2. The van der Waals surface area contributed by atoms with E-state index < -0.39 is 82.0 Å². The quantitative estimate of drug-likeness (QED) is 0.342. The molecule has 0 aliphatic carbocycles. The van der Waals surface area contributed by atoms with Gasteiger partial charge in [-0.1, -0.05) is 23.7 Å². The summed E-state index contributed by atoms with van der Waals surface area (Å²) < 4.78 is 61.3. The summed E-state index contributed by atoms with van der Waals surface area (Å²) in [4.78, 5) is 41.1. The smallest absolute Gasteiger partial charge is 0.410 e. The number of fused-ring (bicyclic) bond motifs is 2. The van der Waals surface area contributed by atoms with Crippen molar-refractivity contribution < 1.29 is 46.2 Å². The summed E-state index contributed by atoms with van der Waals surface area (Å²) in [6.45, 7) is 6.14. The molecule has 3 aliphatic heterocycles. The van der Waals surface area contributed by atoms with E-state index in [1.54, 1.807) is 52.0 Å². The molecule has 3 fully saturated rings. The Kier molecular flexibility index (Phi) is 10.3. The van der Waals surface area contributed by atoms with Gasteiger partial charge in [0.15, 0.2) is 6.29 Å². The molecule has 17 heteroatoms. The van der Waals surface area contributed by atoms with E-state index in [0.29, 0.717) is 10.6 Å². The van der Waals surface area contributed by atoms with Gasteiger partial charge < -0.3 is 33.7 Å². The van der Waals surface area contributed by atoms with Crippen molar-refractivity contribution in [2.24, 2.45) is 5.92 Å². The van der Waals surface area contributed by atoms with Crippen LogP contribution in [0.25, 0.3) is 0 Å². The number of H-pyrrole nitrogens is 1. The molecule has 15 nitrogen and oxygen atoms in total. The van der Waals surface area contributed by atoms with E-state index in [2.05, 4.69) is 4.98 Å². The number of hydrogen-bond donors (Lipinski definition) is 2. The zero-order valence-corrected chi connectivity index (χ0v) is 28.3. The molecular weight excluding hydrogens is 662 g/mol. The summed E-state index contributed by atoms with van der Waals surface area (Å²) in [5.74, 6) is -0.648. The maximum atomic E-state index is 13.2. The Bertz CT molecular complexity index is 1670. The highest BCUT2D eigenvalue weighted by Gasteiger charge is 2.62. The Labute approximate surface area is 276 Å². The highest BCUT2D eigenvalue weighted by atomic mass is 35.5. The van der Waals surface area contributed by atoms with Crippen molar-refractivity contribution >= 4 is 27.8 Å². The Balaban J connectivity index is 1.38. The largest absolute Gasteiger partial charge is 0.444 e. The third kappa shape index (κ3) is 8.43. The number of aliphatic hydroxyl groups is 1. The van der Waals surface area contributed by atoms with E-state index in [1.807, 2.05) is 0 Å². The van der Waals surface area contributed by atoms with E-state index in [9.17, 15) is 27.9 Å². The number of aliphatic hydroxyl groups excluding tert-OH is 1. The molecule has 7 atom stereocenters. The average molecular weight is 702 g/mol. The van der Waals surface area contributed by atoms with E-state index in [4.69, 9.17) is 39.5 Å². The molecule has 2 N–H and O–H groups in total. The maximum Gasteiger partial charge on any atom is 0.410 e. The van der Waals surface area contributed by atoms with Gasteiger partial charge in [-0.15, -0.1) is 0 Å². The van der Waals surface area contributed by atoms with Gasteiger partial charge in [-0.25, -0.2) is 9.59 Å². The van der Waals surface area contributed by atoms with Gasteiger partial charge in [0.2, 0.25) is 0 Å². The van der Waals surface area contributed by atoms with Gasteiger partial charge in [0.25, 0.3) is 15.7 Å². The minimum Gasteiger partial charge on any atom is -0.444 e. The minimum absolute atomic E-state index is 0.0553. The van der Waals surface area contributed by atoms with E-state index in [1.165, 1.54) is 15.7 Å². The van der Waals surface area contributed by atoms with E-state index >= 15 is 0 Å². The number of halogens is 1. The van der Waals surface area contributed by atoms with E-state index in [-0.39, 0.29) is 32.7 Å². The van der Waals surface area contributed by atoms with Crippen LogP contribution in [0.4, 0.5) is 4.79 Å². The number of nitrogens with one attached hydrogen (secondary N) is 1. The molecule has 260 valence electrons. The van der Waals surface area contributed by atoms with Crippen molar-refractivity contribution in [1.29, 1.82) is 0 Å². The molecule has 0 saturated carbocycles. The fourth-order valence-electron chi connectivity index (χ4n) is 5.93. The minimum atomic E-state index is -3.94. The number of benzene rings is 1. The Hall–Kier alpha value is -2.83. The first kappa shape index (κ1) is 35.5. The first-order valence-corrected chi connectivity index (χ1v) is 17.3. The molecule has 47 heavy (non-hydrogen) atoms. The van der Waals surface area contributed by atoms with Crippen molar-refractivity contribution in [3.63, 3.8) is 0 Å². The van der Waals surface area contributed by atoms with Crippen LogP contribution in [-0.2, 0) is 44.6 Å². The number of carbonyl (C=O) groups excluding carboxylic acids is 1. The molecule has 2 bridgehead atoms. The molecule has 2 aromatic rings. The van der Waals surface area contributed by atoms with Gasteiger partial charge >= 0.3 is 11.8 Å². The van der Waals surface area contributed by atoms with Crippen molar-refractivity contribution in [3.8, 4) is 0 Å². The Morgan fingerprint density at radius 1 is 1.19 bits per heavy atom. The van der Waals surface area contributed by atoms with Gasteiger partial charge in [-0.2, -0.15) is 8.42 Å². The topological polar surface area (TPSA) is 185 Å². The lowest BCUT2D eigenvalue weighted by Crippen LogP contribution is -2.62. The molecule has 0 unspecified atom stereocenters. The summed E-state index contributed by atoms with van der Waals surface area (Å²) in [6.07, 6.45) is -2.93.